The van der Waals surface area contributed by atoms with Crippen molar-refractivity contribution in [1.82, 2.24) is 0 Å². The molecule has 2 rings (SSSR count). The molecular weight excluding hydrogens is 504 g/mol. The molecule has 1 saturated heterocycles. The maximum Gasteiger partial charge on any atom is 0.378 e. The van der Waals surface area contributed by atoms with Crippen molar-refractivity contribution in [2.45, 2.75) is 127 Å². The summed E-state index contributed by atoms with van der Waals surface area (Å²) in [7, 11) is 0. The molecule has 0 saturated carbocycles. The van der Waals surface area contributed by atoms with Gasteiger partial charge in [-0.1, -0.05) is 71.1 Å². The monoisotopic (exact) mass is 548 g/mol. The van der Waals surface area contributed by atoms with Crippen molar-refractivity contribution >= 4 is 11.9 Å². The van der Waals surface area contributed by atoms with Crippen LogP contribution in [0.1, 0.15) is 84.0 Å². The molecule has 0 aromatic rings. The van der Waals surface area contributed by atoms with Gasteiger partial charge in [0.2, 0.25) is 12.0 Å². The molecule has 0 aromatic carbocycles. The summed E-state index contributed by atoms with van der Waals surface area (Å²) < 4.78 is 20.2. The van der Waals surface area contributed by atoms with Crippen molar-refractivity contribution < 1.29 is 59.2 Å². The number of unbranched alkanes of at least 4 members (excludes halogenated alkanes) is 10. The highest BCUT2D eigenvalue weighted by molar-refractivity contribution is 5.89. The zero-order valence-corrected chi connectivity index (χ0v) is 22.1. The molecule has 7 atom stereocenters. The molecule has 2 heterocycles. The fourth-order valence-corrected chi connectivity index (χ4v) is 4.38. The summed E-state index contributed by atoms with van der Waals surface area (Å²) >= 11 is 0. The first-order valence-corrected chi connectivity index (χ1v) is 13.7. The van der Waals surface area contributed by atoms with Gasteiger partial charge in [0.1, 0.15) is 37.1 Å². The third-order valence-corrected chi connectivity index (χ3v) is 6.75. The van der Waals surface area contributed by atoms with Gasteiger partial charge in [0, 0.05) is 6.42 Å². The van der Waals surface area contributed by atoms with Crippen molar-refractivity contribution in [3.8, 4) is 0 Å². The second-order valence-electron chi connectivity index (χ2n) is 9.89. The maximum absolute atomic E-state index is 12.2. The molecule has 0 aliphatic carbocycles. The van der Waals surface area contributed by atoms with Crippen LogP contribution < -0.4 is 0 Å². The van der Waals surface area contributed by atoms with Gasteiger partial charge in [-0.3, -0.25) is 4.79 Å². The van der Waals surface area contributed by atoms with Crippen LogP contribution in [-0.2, 0) is 28.5 Å². The third-order valence-electron chi connectivity index (χ3n) is 6.75. The summed E-state index contributed by atoms with van der Waals surface area (Å²) in [5.74, 6) is -3.31. The van der Waals surface area contributed by atoms with Gasteiger partial charge in [-0.25, -0.2) is 4.79 Å². The van der Waals surface area contributed by atoms with Crippen LogP contribution in [0.5, 0.6) is 0 Å². The van der Waals surface area contributed by atoms with Gasteiger partial charge in [0.15, 0.2) is 11.9 Å². The van der Waals surface area contributed by atoms with E-state index in [9.17, 15) is 40.2 Å². The van der Waals surface area contributed by atoms with Gasteiger partial charge in [-0.05, 0) is 6.42 Å². The van der Waals surface area contributed by atoms with Crippen LogP contribution in [0.2, 0.25) is 0 Å². The normalized spacial score (nSPS) is 28.3. The molecule has 0 aromatic heterocycles. The van der Waals surface area contributed by atoms with E-state index in [0.29, 0.717) is 6.42 Å². The lowest BCUT2D eigenvalue weighted by Crippen LogP contribution is -2.59. The molecule has 12 heteroatoms. The van der Waals surface area contributed by atoms with Gasteiger partial charge in [-0.2, -0.15) is 0 Å². The van der Waals surface area contributed by atoms with Crippen LogP contribution in [0.25, 0.3) is 0 Å². The predicted octanol–water partition coefficient (Wildman–Crippen LogP) is 1.10. The van der Waals surface area contributed by atoms with E-state index in [1.54, 1.807) is 0 Å². The van der Waals surface area contributed by atoms with Crippen LogP contribution in [-0.4, -0.2) is 98.7 Å². The van der Waals surface area contributed by atoms with Crippen LogP contribution in [0.4, 0.5) is 0 Å². The highest BCUT2D eigenvalue weighted by Gasteiger charge is 2.48. The Morgan fingerprint density at radius 1 is 0.921 bits per heavy atom. The molecule has 1 unspecified atom stereocenters. The smallest absolute Gasteiger partial charge is 0.378 e. The lowest BCUT2D eigenvalue weighted by Gasteiger charge is -2.39. The van der Waals surface area contributed by atoms with Gasteiger partial charge in [0.05, 0.1) is 6.61 Å². The number of hydrogen-bond acceptors (Lipinski definition) is 12. The molecule has 2 aliphatic heterocycles. The molecule has 0 radical (unpaired) electrons. The van der Waals surface area contributed by atoms with Crippen molar-refractivity contribution in [3.63, 3.8) is 0 Å². The molecule has 2 aliphatic rings. The minimum atomic E-state index is -1.82. The van der Waals surface area contributed by atoms with Crippen molar-refractivity contribution in [2.24, 2.45) is 0 Å². The highest BCUT2D eigenvalue weighted by atomic mass is 16.7. The number of carbonyl (C=O) groups is 2. The third kappa shape index (κ3) is 9.65. The fraction of sp³-hybridized carbons (Fsp3) is 0.846. The Hall–Kier alpha value is -1.96. The minimum absolute atomic E-state index is 0.182. The summed E-state index contributed by atoms with van der Waals surface area (Å²) in [6.45, 7) is 0.953. The summed E-state index contributed by atoms with van der Waals surface area (Å²) in [5, 5.41) is 59.6. The molecule has 1 fully saturated rings. The van der Waals surface area contributed by atoms with Crippen LogP contribution in [0.3, 0.4) is 0 Å². The largest absolute Gasteiger partial charge is 0.505 e. The molecule has 6 N–H and O–H groups in total. The Balaban J connectivity index is 1.68. The van der Waals surface area contributed by atoms with Gasteiger partial charge >= 0.3 is 11.9 Å². The summed E-state index contributed by atoms with van der Waals surface area (Å²) in [6, 6.07) is 0. The van der Waals surface area contributed by atoms with Crippen LogP contribution >= 0.6 is 0 Å². The zero-order chi connectivity index (χ0) is 28.1. The Morgan fingerprint density at radius 2 is 1.50 bits per heavy atom. The molecule has 38 heavy (non-hydrogen) atoms. The Kier molecular flexibility index (Phi) is 14.3. The maximum atomic E-state index is 12.2. The van der Waals surface area contributed by atoms with Crippen LogP contribution in [0.15, 0.2) is 11.5 Å². The van der Waals surface area contributed by atoms with E-state index in [2.05, 4.69) is 6.92 Å². The highest BCUT2D eigenvalue weighted by Crippen LogP contribution is 2.29. The van der Waals surface area contributed by atoms with E-state index >= 15 is 0 Å². The first kappa shape index (κ1) is 32.3. The Labute approximate surface area is 223 Å². The summed E-state index contributed by atoms with van der Waals surface area (Å²) in [5.41, 5.74) is 0. The van der Waals surface area contributed by atoms with E-state index in [0.717, 1.165) is 19.3 Å². The number of aliphatic hydroxyl groups is 6. The van der Waals surface area contributed by atoms with Crippen LogP contribution in [0, 0.1) is 0 Å². The molecule has 0 spiro atoms. The standard InChI is InChI=1S/C26H44O12/c1-2-3-4-5-6-7-8-9-10-11-12-13-18(29)35-15-16(28)23-22(33)24(25(34)37-23)38-26-21(32)20(31)19(30)17(14-27)36-26/h16-17,19-21,23,26-28,30-33H,2-15H2,1H3/t16?,17-,19-,20+,21-,23-,26+/m1/s1. The second kappa shape index (κ2) is 16.9. The predicted molar refractivity (Wildman–Crippen MR) is 132 cm³/mol. The zero-order valence-electron chi connectivity index (χ0n) is 22.1. The average Bonchev–Trinajstić information content (AvgIpc) is 3.18. The number of rotatable bonds is 18. The molecule has 0 amide bonds. The van der Waals surface area contributed by atoms with Gasteiger partial charge < -0.3 is 49.6 Å². The number of esters is 2. The molecular formula is C26H44O12. The first-order valence-electron chi connectivity index (χ1n) is 13.7. The number of hydrogen-bond donors (Lipinski definition) is 6. The Morgan fingerprint density at radius 3 is 2.08 bits per heavy atom. The average molecular weight is 549 g/mol. The lowest BCUT2D eigenvalue weighted by atomic mass is 9.99. The molecule has 220 valence electrons. The van der Waals surface area contributed by atoms with E-state index in [1.165, 1.54) is 44.9 Å². The quantitative estimate of drug-likeness (QED) is 0.106. The molecule has 0 bridgehead atoms. The number of cyclic esters (lactones) is 1. The van der Waals surface area contributed by atoms with Crippen molar-refractivity contribution in [2.75, 3.05) is 13.2 Å². The number of aliphatic hydroxyl groups excluding tert-OH is 6. The summed E-state index contributed by atoms with van der Waals surface area (Å²) in [6.07, 6.45) is 1.38. The lowest BCUT2D eigenvalue weighted by molar-refractivity contribution is -0.291. The van der Waals surface area contributed by atoms with Gasteiger partial charge in [0.25, 0.3) is 0 Å². The Bertz CT molecular complexity index is 755. The first-order chi connectivity index (χ1) is 18.2. The topological polar surface area (TPSA) is 192 Å². The van der Waals surface area contributed by atoms with Crippen molar-refractivity contribution in [3.05, 3.63) is 11.5 Å². The van der Waals surface area contributed by atoms with E-state index in [1.807, 2.05) is 0 Å². The second-order valence-corrected chi connectivity index (χ2v) is 9.89. The SMILES string of the molecule is CCCCCCCCCCCCCC(=O)OCC(O)[C@H]1OC(=O)C(O[C@@H]2O[C@H](CO)[C@@H](O)[C@H](O)[C@H]2O)=C1O. The van der Waals surface area contributed by atoms with Gasteiger partial charge in [-0.15, -0.1) is 0 Å². The minimum Gasteiger partial charge on any atom is -0.505 e. The number of carbonyl (C=O) groups excluding carboxylic acids is 2. The number of ether oxygens (including phenoxy) is 4. The summed E-state index contributed by atoms with van der Waals surface area (Å²) in [4.78, 5) is 24.2. The van der Waals surface area contributed by atoms with E-state index in [-0.39, 0.29) is 6.42 Å². The fourth-order valence-electron chi connectivity index (χ4n) is 4.38. The van der Waals surface area contributed by atoms with E-state index < -0.39 is 79.6 Å². The molecule has 12 nitrogen and oxygen atoms in total. The van der Waals surface area contributed by atoms with E-state index in [4.69, 9.17) is 18.9 Å². The van der Waals surface area contributed by atoms with Crippen molar-refractivity contribution in [1.29, 1.82) is 0 Å².